The summed E-state index contributed by atoms with van der Waals surface area (Å²) in [5, 5.41) is 13.3. The minimum absolute atomic E-state index is 0.208. The van der Waals surface area contributed by atoms with Crippen LogP contribution < -0.4 is 26.0 Å². The molecule has 1 fully saturated rings. The number of halogens is 1. The van der Waals surface area contributed by atoms with Crippen molar-refractivity contribution in [3.05, 3.63) is 24.0 Å². The second kappa shape index (κ2) is 11.1. The number of hydrogen-bond donors (Lipinski definition) is 4. The average molecular weight is 420 g/mol. The number of nitrogens with zero attached hydrogens (tertiary/aromatic N) is 3. The summed E-state index contributed by atoms with van der Waals surface area (Å²) >= 11 is 0. The largest absolute Gasteiger partial charge is 0.494 e. The molecule has 1 unspecified atom stereocenters. The zero-order chi connectivity index (χ0) is 21.3. The van der Waals surface area contributed by atoms with Crippen LogP contribution in [0.15, 0.2) is 28.2 Å². The number of methoxy groups -OCH3 is 1. The smallest absolute Gasteiger partial charge is 0.205 e. The van der Waals surface area contributed by atoms with Crippen LogP contribution in [0, 0.1) is 5.82 Å². The van der Waals surface area contributed by atoms with Crippen molar-refractivity contribution in [1.29, 1.82) is 0 Å². The molecule has 8 nitrogen and oxygen atoms in total. The third-order valence-electron chi connectivity index (χ3n) is 5.25. The summed E-state index contributed by atoms with van der Waals surface area (Å²) in [6.07, 6.45) is 7.10. The number of guanidine groups is 2. The van der Waals surface area contributed by atoms with Crippen LogP contribution in [0.3, 0.4) is 0 Å². The quantitative estimate of drug-likeness (QED) is 0.508. The van der Waals surface area contributed by atoms with Gasteiger partial charge in [-0.05, 0) is 39.1 Å². The molecule has 0 saturated heterocycles. The predicted octanol–water partition coefficient (Wildman–Crippen LogP) is 2.31. The summed E-state index contributed by atoms with van der Waals surface area (Å²) in [7, 11) is 5.49. The van der Waals surface area contributed by atoms with E-state index in [1.54, 1.807) is 12.1 Å². The summed E-state index contributed by atoms with van der Waals surface area (Å²) in [5.41, 5.74) is 0.585. The molecule has 0 bridgehead atoms. The van der Waals surface area contributed by atoms with Crippen molar-refractivity contribution in [3.63, 3.8) is 0 Å². The zero-order valence-electron chi connectivity index (χ0n) is 18.2. The van der Waals surface area contributed by atoms with E-state index < -0.39 is 5.82 Å². The monoisotopic (exact) mass is 419 g/mol. The molecule has 1 aliphatic carbocycles. The van der Waals surface area contributed by atoms with E-state index in [2.05, 4.69) is 31.2 Å². The lowest BCUT2D eigenvalue weighted by Gasteiger charge is -2.29. The van der Waals surface area contributed by atoms with Crippen LogP contribution in [0.1, 0.15) is 38.5 Å². The molecule has 0 radical (unpaired) electrons. The molecular weight excluding hydrogens is 385 g/mol. The van der Waals surface area contributed by atoms with Gasteiger partial charge in [0.2, 0.25) is 11.9 Å². The molecule has 0 aromatic heterocycles. The lowest BCUT2D eigenvalue weighted by Crippen LogP contribution is -2.59. The maximum atomic E-state index is 14.1. The predicted molar refractivity (Wildman–Crippen MR) is 120 cm³/mol. The van der Waals surface area contributed by atoms with E-state index >= 15 is 0 Å². The van der Waals surface area contributed by atoms with E-state index in [9.17, 15) is 4.39 Å². The normalized spacial score (nSPS) is 21.6. The van der Waals surface area contributed by atoms with Crippen LogP contribution in [0.5, 0.6) is 5.75 Å². The van der Waals surface area contributed by atoms with Crippen molar-refractivity contribution < 1.29 is 9.13 Å². The van der Waals surface area contributed by atoms with E-state index in [0.717, 1.165) is 19.4 Å². The standard InChI is InChI=1S/C21H34FN7O/c1-29(2)13-12-23-19-26-20(24-15-8-6-4-5-7-9-15)28-21(27-19)25-16-10-11-18(30-3)17(22)14-16/h10-11,14-15,20,24H,4-9,12-13H2,1-3H3,(H3,23,25,26,27,28). The first kappa shape index (κ1) is 22.3. The van der Waals surface area contributed by atoms with Gasteiger partial charge in [-0.15, -0.1) is 0 Å². The van der Waals surface area contributed by atoms with Gasteiger partial charge in [-0.3, -0.25) is 15.6 Å². The Hall–Kier alpha value is -2.39. The molecule has 1 aromatic carbocycles. The molecule has 2 aliphatic rings. The van der Waals surface area contributed by atoms with Crippen LogP contribution in [0.2, 0.25) is 0 Å². The van der Waals surface area contributed by atoms with Gasteiger partial charge in [-0.2, -0.15) is 0 Å². The number of likely N-dealkylation sites (N-methyl/N-ethyl adjacent to an activating group) is 1. The first-order chi connectivity index (χ1) is 14.5. The third-order valence-corrected chi connectivity index (χ3v) is 5.25. The van der Waals surface area contributed by atoms with Crippen molar-refractivity contribution >= 4 is 17.6 Å². The Balaban J connectivity index is 1.72. The molecule has 1 aliphatic heterocycles. The number of nitrogens with one attached hydrogen (secondary N) is 4. The van der Waals surface area contributed by atoms with Gasteiger partial charge in [0.05, 0.1) is 13.7 Å². The number of ether oxygens (including phenoxy) is 1. The molecule has 4 N–H and O–H groups in total. The Labute approximate surface area is 178 Å². The van der Waals surface area contributed by atoms with E-state index in [1.807, 2.05) is 14.1 Å². The van der Waals surface area contributed by atoms with Crippen molar-refractivity contribution in [2.24, 2.45) is 9.98 Å². The van der Waals surface area contributed by atoms with Gasteiger partial charge in [0, 0.05) is 24.3 Å². The molecule has 0 spiro atoms. The fraction of sp³-hybridized carbons (Fsp3) is 0.619. The molecule has 166 valence electrons. The van der Waals surface area contributed by atoms with E-state index in [4.69, 9.17) is 9.73 Å². The maximum absolute atomic E-state index is 14.1. The van der Waals surface area contributed by atoms with Gasteiger partial charge < -0.3 is 20.3 Å². The number of benzene rings is 1. The van der Waals surface area contributed by atoms with Crippen molar-refractivity contribution in [2.45, 2.75) is 50.9 Å². The number of hydrogen-bond acceptors (Lipinski definition) is 6. The molecule has 30 heavy (non-hydrogen) atoms. The van der Waals surface area contributed by atoms with Crippen LogP contribution in [-0.2, 0) is 0 Å². The van der Waals surface area contributed by atoms with Gasteiger partial charge in [0.15, 0.2) is 17.9 Å². The van der Waals surface area contributed by atoms with Crippen LogP contribution in [0.4, 0.5) is 10.1 Å². The number of aliphatic imine (C=N–C) groups is 2. The average Bonchev–Trinajstić information content (AvgIpc) is 2.96. The minimum Gasteiger partial charge on any atom is -0.494 e. The summed E-state index contributed by atoms with van der Waals surface area (Å²) in [6.45, 7) is 1.50. The van der Waals surface area contributed by atoms with Gasteiger partial charge in [0.1, 0.15) is 0 Å². The van der Waals surface area contributed by atoms with Gasteiger partial charge in [-0.25, -0.2) is 9.38 Å². The number of rotatable bonds is 7. The van der Waals surface area contributed by atoms with E-state index in [0.29, 0.717) is 30.2 Å². The van der Waals surface area contributed by atoms with Crippen molar-refractivity contribution in [3.8, 4) is 5.75 Å². The molecule has 1 heterocycles. The summed E-state index contributed by atoms with van der Waals surface area (Å²) < 4.78 is 19.1. The second-order valence-corrected chi connectivity index (χ2v) is 8.01. The highest BCUT2D eigenvalue weighted by atomic mass is 19.1. The lowest BCUT2D eigenvalue weighted by molar-refractivity contribution is 0.379. The molecule has 3 rings (SSSR count). The van der Waals surface area contributed by atoms with Gasteiger partial charge >= 0.3 is 0 Å². The Morgan fingerprint density at radius 3 is 2.67 bits per heavy atom. The highest BCUT2D eigenvalue weighted by Gasteiger charge is 2.22. The fourth-order valence-corrected chi connectivity index (χ4v) is 3.61. The van der Waals surface area contributed by atoms with Crippen LogP contribution >= 0.6 is 0 Å². The Morgan fingerprint density at radius 1 is 1.23 bits per heavy atom. The van der Waals surface area contributed by atoms with Crippen LogP contribution in [0.25, 0.3) is 0 Å². The molecule has 1 saturated carbocycles. The Morgan fingerprint density at radius 2 is 2.00 bits per heavy atom. The van der Waals surface area contributed by atoms with E-state index in [-0.39, 0.29) is 12.0 Å². The molecule has 1 atom stereocenters. The highest BCUT2D eigenvalue weighted by molar-refractivity contribution is 6.06. The van der Waals surface area contributed by atoms with Crippen molar-refractivity contribution in [1.82, 2.24) is 20.9 Å². The summed E-state index contributed by atoms with van der Waals surface area (Å²) in [6, 6.07) is 5.16. The van der Waals surface area contributed by atoms with Crippen LogP contribution in [-0.4, -0.2) is 63.4 Å². The summed E-state index contributed by atoms with van der Waals surface area (Å²) in [4.78, 5) is 11.4. The topological polar surface area (TPSA) is 85.3 Å². The third kappa shape index (κ3) is 6.84. The maximum Gasteiger partial charge on any atom is 0.205 e. The first-order valence-electron chi connectivity index (χ1n) is 10.7. The Kier molecular flexibility index (Phi) is 8.27. The number of anilines is 1. The molecule has 9 heteroatoms. The lowest BCUT2D eigenvalue weighted by atomic mass is 10.1. The van der Waals surface area contributed by atoms with Gasteiger partial charge in [0.25, 0.3) is 0 Å². The van der Waals surface area contributed by atoms with E-state index in [1.165, 1.54) is 38.9 Å². The minimum atomic E-state index is -0.426. The highest BCUT2D eigenvalue weighted by Crippen LogP contribution is 2.21. The molecule has 0 amide bonds. The first-order valence-corrected chi connectivity index (χ1v) is 10.7. The Bertz CT molecular complexity index is 745. The van der Waals surface area contributed by atoms with Gasteiger partial charge in [-0.1, -0.05) is 25.7 Å². The summed E-state index contributed by atoms with van der Waals surface area (Å²) in [5.74, 6) is 0.951. The van der Waals surface area contributed by atoms with Crippen molar-refractivity contribution in [2.75, 3.05) is 39.6 Å². The molecule has 1 aromatic rings. The zero-order valence-corrected chi connectivity index (χ0v) is 18.2. The second-order valence-electron chi connectivity index (χ2n) is 8.01. The fourth-order valence-electron chi connectivity index (χ4n) is 3.61. The SMILES string of the molecule is COc1ccc(NC2=NC(NC3CCCCCC3)NC(=NCCN(C)C)N2)cc1F. The molecular formula is C21H34FN7O.